The minimum absolute atomic E-state index is 0.318. The fourth-order valence-corrected chi connectivity index (χ4v) is 2.40. The molecule has 2 unspecified atom stereocenters. The van der Waals surface area contributed by atoms with Crippen LogP contribution in [0.2, 0.25) is 0 Å². The molecule has 2 atom stereocenters. The Hall–Kier alpha value is -0.610. The normalized spacial score (nSPS) is 29.1. The lowest BCUT2D eigenvalue weighted by Gasteiger charge is -2.24. The van der Waals surface area contributed by atoms with Gasteiger partial charge in [-0.1, -0.05) is 12.2 Å². The minimum Gasteiger partial charge on any atom is -0.772 e. The van der Waals surface area contributed by atoms with Crippen LogP contribution in [0.1, 0.15) is 19.3 Å². The second kappa shape index (κ2) is 4.28. The molecular weight excluding hydrogens is 198 g/mol. The van der Waals surface area contributed by atoms with Crippen molar-refractivity contribution >= 4 is 11.1 Å². The molecule has 2 rings (SSSR count). The number of nitrogens with zero attached hydrogens (tertiary/aromatic N) is 1. The second-order valence-electron chi connectivity index (χ2n) is 3.72. The van der Waals surface area contributed by atoms with Crippen molar-refractivity contribution in [3.63, 3.8) is 0 Å². The minimum atomic E-state index is -1.97. The van der Waals surface area contributed by atoms with Crippen LogP contribution < -0.4 is 0 Å². The molecule has 1 aliphatic heterocycles. The van der Waals surface area contributed by atoms with E-state index in [0.29, 0.717) is 6.42 Å². The lowest BCUT2D eigenvalue weighted by molar-refractivity contribution is 0.436. The smallest absolute Gasteiger partial charge is 0.0434 e. The van der Waals surface area contributed by atoms with Gasteiger partial charge in [-0.2, -0.15) is 0 Å². The second-order valence-corrected chi connectivity index (χ2v) is 4.84. The molecule has 0 amide bonds. The maximum atomic E-state index is 10.7. The Bertz CT molecular complexity index is 292. The van der Waals surface area contributed by atoms with E-state index >= 15 is 0 Å². The maximum absolute atomic E-state index is 10.7. The van der Waals surface area contributed by atoms with Crippen LogP contribution >= 0.6 is 0 Å². The summed E-state index contributed by atoms with van der Waals surface area (Å²) in [5, 5.41) is -0.318. The van der Waals surface area contributed by atoms with Gasteiger partial charge in [0, 0.05) is 24.0 Å². The molecule has 14 heavy (non-hydrogen) atoms. The van der Waals surface area contributed by atoms with Gasteiger partial charge in [-0.3, -0.25) is 4.21 Å². The predicted octanol–water partition coefficient (Wildman–Crippen LogP) is 1.17. The molecule has 4 heteroatoms. The van der Waals surface area contributed by atoms with Gasteiger partial charge in [-0.25, -0.2) is 0 Å². The van der Waals surface area contributed by atoms with Gasteiger partial charge >= 0.3 is 0 Å². The highest BCUT2D eigenvalue weighted by Crippen LogP contribution is 2.21. The number of allylic oxidation sites excluding steroid dienone is 2. The van der Waals surface area contributed by atoms with Gasteiger partial charge in [0.1, 0.15) is 0 Å². The van der Waals surface area contributed by atoms with Crippen LogP contribution in [0.5, 0.6) is 0 Å². The van der Waals surface area contributed by atoms with Crippen molar-refractivity contribution in [3.05, 3.63) is 23.9 Å². The highest BCUT2D eigenvalue weighted by Gasteiger charge is 2.16. The third-order valence-electron chi connectivity index (χ3n) is 2.76. The Kier molecular flexibility index (Phi) is 3.03. The van der Waals surface area contributed by atoms with Gasteiger partial charge in [0.25, 0.3) is 0 Å². The van der Waals surface area contributed by atoms with Crippen molar-refractivity contribution in [1.82, 2.24) is 4.90 Å². The molecule has 0 aromatic carbocycles. The quantitative estimate of drug-likeness (QED) is 0.645. The van der Waals surface area contributed by atoms with Gasteiger partial charge in [0.15, 0.2) is 0 Å². The van der Waals surface area contributed by atoms with Gasteiger partial charge in [-0.15, -0.1) is 0 Å². The van der Waals surface area contributed by atoms with Crippen molar-refractivity contribution < 1.29 is 8.76 Å². The zero-order valence-corrected chi connectivity index (χ0v) is 8.83. The molecule has 2 aliphatic rings. The molecule has 1 fully saturated rings. The van der Waals surface area contributed by atoms with Crippen molar-refractivity contribution in [2.24, 2.45) is 0 Å². The average molecular weight is 212 g/mol. The summed E-state index contributed by atoms with van der Waals surface area (Å²) in [4.78, 5) is 2.32. The van der Waals surface area contributed by atoms with Gasteiger partial charge in [0.2, 0.25) is 0 Å². The van der Waals surface area contributed by atoms with Crippen molar-refractivity contribution in [2.75, 3.05) is 13.1 Å². The van der Waals surface area contributed by atoms with Crippen LogP contribution in [-0.2, 0) is 11.1 Å². The van der Waals surface area contributed by atoms with Crippen LogP contribution in [0.3, 0.4) is 0 Å². The Morgan fingerprint density at radius 3 is 2.64 bits per heavy atom. The molecule has 78 valence electrons. The highest BCUT2D eigenvalue weighted by atomic mass is 32.2. The third kappa shape index (κ3) is 2.07. The van der Waals surface area contributed by atoms with Gasteiger partial charge in [0.05, 0.1) is 0 Å². The fraction of sp³-hybridized carbons (Fsp3) is 0.600. The molecule has 0 radical (unpaired) electrons. The average Bonchev–Trinajstić information content (AvgIpc) is 2.71. The van der Waals surface area contributed by atoms with E-state index in [4.69, 9.17) is 0 Å². The summed E-state index contributed by atoms with van der Waals surface area (Å²) >= 11 is -1.97. The van der Waals surface area contributed by atoms with E-state index in [9.17, 15) is 8.76 Å². The first-order chi connectivity index (χ1) is 6.77. The third-order valence-corrected chi connectivity index (χ3v) is 3.60. The van der Waals surface area contributed by atoms with E-state index in [-0.39, 0.29) is 5.25 Å². The predicted molar refractivity (Wildman–Crippen MR) is 55.4 cm³/mol. The Morgan fingerprint density at radius 2 is 2.14 bits per heavy atom. The molecule has 0 spiro atoms. The Morgan fingerprint density at radius 1 is 1.43 bits per heavy atom. The molecule has 0 aromatic rings. The van der Waals surface area contributed by atoms with Crippen LogP contribution in [-0.4, -0.2) is 32.0 Å². The topological polar surface area (TPSA) is 43.4 Å². The number of hydrogen-bond acceptors (Lipinski definition) is 3. The summed E-state index contributed by atoms with van der Waals surface area (Å²) in [7, 11) is 0. The molecule has 1 aliphatic carbocycles. The number of hydrogen-bond donors (Lipinski definition) is 0. The van der Waals surface area contributed by atoms with Gasteiger partial charge in [-0.05, 0) is 36.4 Å². The van der Waals surface area contributed by atoms with E-state index in [1.807, 2.05) is 12.2 Å². The van der Waals surface area contributed by atoms with E-state index in [2.05, 4.69) is 4.90 Å². The summed E-state index contributed by atoms with van der Waals surface area (Å²) in [6, 6.07) is 0. The Balaban J connectivity index is 1.98. The molecule has 0 saturated carbocycles. The molecule has 3 nitrogen and oxygen atoms in total. The van der Waals surface area contributed by atoms with E-state index < -0.39 is 11.1 Å². The summed E-state index contributed by atoms with van der Waals surface area (Å²) in [6.07, 6.45) is 8.89. The van der Waals surface area contributed by atoms with E-state index in [0.717, 1.165) is 13.1 Å². The van der Waals surface area contributed by atoms with Crippen LogP contribution in [0.4, 0.5) is 0 Å². The number of rotatable bonds is 2. The SMILES string of the molecule is O=S([O-])C1C=CC(N2CCCC2)=CC1. The molecule has 0 aromatic heterocycles. The van der Waals surface area contributed by atoms with E-state index in [1.165, 1.54) is 18.5 Å². The standard InChI is InChI=1S/C10H15NO2S/c12-14(13)10-5-3-9(4-6-10)11-7-1-2-8-11/h3-5,10H,1-2,6-8H2,(H,12,13)/p-1. The number of likely N-dealkylation sites (tertiary alicyclic amines) is 1. The molecule has 0 N–H and O–H groups in total. The maximum Gasteiger partial charge on any atom is 0.0434 e. The van der Waals surface area contributed by atoms with Crippen molar-refractivity contribution in [2.45, 2.75) is 24.5 Å². The molecule has 1 heterocycles. The molecule has 1 saturated heterocycles. The summed E-state index contributed by atoms with van der Waals surface area (Å²) in [5.74, 6) is 0. The molecular formula is C10H14NO2S-. The summed E-state index contributed by atoms with van der Waals surface area (Å²) in [5.41, 5.74) is 1.20. The van der Waals surface area contributed by atoms with Crippen LogP contribution in [0.15, 0.2) is 23.9 Å². The first-order valence-corrected chi connectivity index (χ1v) is 6.12. The zero-order chi connectivity index (χ0) is 9.97. The van der Waals surface area contributed by atoms with E-state index in [1.54, 1.807) is 6.08 Å². The van der Waals surface area contributed by atoms with Crippen molar-refractivity contribution in [1.29, 1.82) is 0 Å². The molecule has 0 bridgehead atoms. The fourth-order valence-electron chi connectivity index (χ4n) is 1.94. The van der Waals surface area contributed by atoms with Crippen molar-refractivity contribution in [3.8, 4) is 0 Å². The van der Waals surface area contributed by atoms with Gasteiger partial charge < -0.3 is 9.45 Å². The Labute approximate surface area is 86.8 Å². The lowest BCUT2D eigenvalue weighted by atomic mass is 10.1. The van der Waals surface area contributed by atoms with Crippen LogP contribution in [0, 0.1) is 0 Å². The zero-order valence-electron chi connectivity index (χ0n) is 8.02. The largest absolute Gasteiger partial charge is 0.772 e. The monoisotopic (exact) mass is 212 g/mol. The summed E-state index contributed by atoms with van der Waals surface area (Å²) in [6.45, 7) is 2.22. The summed E-state index contributed by atoms with van der Waals surface area (Å²) < 4.78 is 21.4. The first-order valence-electron chi connectivity index (χ1n) is 4.99. The lowest BCUT2D eigenvalue weighted by Crippen LogP contribution is -2.21. The first kappa shape index (κ1) is 9.93. The highest BCUT2D eigenvalue weighted by molar-refractivity contribution is 7.80. The van der Waals surface area contributed by atoms with Crippen LogP contribution in [0.25, 0.3) is 0 Å².